The van der Waals surface area contributed by atoms with Crippen LogP contribution in [0, 0.1) is 5.92 Å². The number of aliphatic hydroxyl groups is 1. The Labute approximate surface area is 240 Å². The second-order valence-electron chi connectivity index (χ2n) is 10.1. The number of halogens is 1. The number of fused-ring (bicyclic) bond motifs is 4. The van der Waals surface area contributed by atoms with E-state index in [1.165, 1.54) is 18.6 Å². The van der Waals surface area contributed by atoms with Crippen LogP contribution in [0.5, 0.6) is 0 Å². The van der Waals surface area contributed by atoms with Crippen molar-refractivity contribution in [3.05, 3.63) is 35.3 Å². The fourth-order valence-electron chi connectivity index (χ4n) is 5.39. The summed E-state index contributed by atoms with van der Waals surface area (Å²) >= 11 is 0. The number of phosphoric ester groups is 2. The molecular weight excluding hydrogens is 621 g/mol. The molecule has 0 amide bonds. The molecule has 7 N–H and O–H groups in total. The molecule has 19 nitrogen and oxygen atoms in total. The van der Waals surface area contributed by atoms with E-state index in [9.17, 15) is 28.8 Å². The van der Waals surface area contributed by atoms with Gasteiger partial charge in [-0.15, -0.1) is 0 Å². The van der Waals surface area contributed by atoms with Crippen LogP contribution in [0.2, 0.25) is 0 Å². The van der Waals surface area contributed by atoms with Crippen LogP contribution in [0.3, 0.4) is 0 Å². The predicted molar refractivity (Wildman–Crippen MR) is 141 cm³/mol. The van der Waals surface area contributed by atoms with Gasteiger partial charge < -0.3 is 30.7 Å². The van der Waals surface area contributed by atoms with E-state index >= 15 is 4.39 Å². The fourth-order valence-corrected chi connectivity index (χ4v) is 7.31. The van der Waals surface area contributed by atoms with E-state index < -0.39 is 83.2 Å². The molecule has 22 heteroatoms. The maximum atomic E-state index is 15.6. The van der Waals surface area contributed by atoms with Crippen LogP contribution >= 0.6 is 15.6 Å². The lowest BCUT2D eigenvalue weighted by atomic mass is 10.0. The highest BCUT2D eigenvalue weighted by atomic mass is 31.2. The number of phosphoric acid groups is 2. The number of rotatable bonds is 3. The van der Waals surface area contributed by atoms with Gasteiger partial charge in [0.15, 0.2) is 17.4 Å². The third-order valence-corrected chi connectivity index (χ3v) is 9.33. The molecule has 3 aromatic rings. The van der Waals surface area contributed by atoms with Crippen LogP contribution in [-0.2, 0) is 32.0 Å². The van der Waals surface area contributed by atoms with Crippen molar-refractivity contribution < 1.29 is 51.2 Å². The number of alkyl halides is 1. The SMILES string of the molecule is Nc1nc2c(ncn2[C@@H]2O[C@H]3COP(=O)(O)O[C@@H]4[C@@H](CCOP(=O)(O)O[C@@H]2[C@@H]3O)C[C@@H](Nc2ccncn2)[C@@H]4F)c(=O)[nH]1. The maximum absolute atomic E-state index is 15.6. The second kappa shape index (κ2) is 11.6. The second-order valence-corrected chi connectivity index (χ2v) is 12.9. The van der Waals surface area contributed by atoms with Gasteiger partial charge in [0, 0.05) is 6.20 Å². The monoisotopic (exact) mass is 648 g/mol. The van der Waals surface area contributed by atoms with Crippen molar-refractivity contribution in [1.82, 2.24) is 29.5 Å². The summed E-state index contributed by atoms with van der Waals surface area (Å²) in [6, 6.07) is 0.608. The first-order chi connectivity index (χ1) is 20.4. The van der Waals surface area contributed by atoms with E-state index in [1.54, 1.807) is 0 Å². The molecule has 3 aromatic heterocycles. The molecule has 234 valence electrons. The summed E-state index contributed by atoms with van der Waals surface area (Å²) in [6.07, 6.45) is -5.82. The van der Waals surface area contributed by atoms with E-state index in [4.69, 9.17) is 28.6 Å². The number of nitrogens with zero attached hydrogens (tertiary/aromatic N) is 5. The van der Waals surface area contributed by atoms with E-state index in [-0.39, 0.29) is 30.0 Å². The fraction of sp³-hybridized carbons (Fsp3) is 0.571. The van der Waals surface area contributed by atoms with Crippen molar-refractivity contribution in [3.63, 3.8) is 0 Å². The lowest BCUT2D eigenvalue weighted by molar-refractivity contribution is -0.0533. The quantitative estimate of drug-likeness (QED) is 0.204. The maximum Gasteiger partial charge on any atom is 0.472 e. The molecular formula is C21H27FN8O11P2. The Balaban J connectivity index is 1.27. The summed E-state index contributed by atoms with van der Waals surface area (Å²) in [5.41, 5.74) is 4.70. The van der Waals surface area contributed by atoms with Crippen LogP contribution in [0.4, 0.5) is 16.2 Å². The third-order valence-electron chi connectivity index (χ3n) is 7.33. The summed E-state index contributed by atoms with van der Waals surface area (Å²) < 4.78 is 69.3. The Hall–Kier alpha value is -2.90. The van der Waals surface area contributed by atoms with Gasteiger partial charge in [-0.25, -0.2) is 28.5 Å². The first-order valence-electron chi connectivity index (χ1n) is 12.9. The average Bonchev–Trinajstić information content (AvgIpc) is 3.58. The minimum Gasteiger partial charge on any atom is -0.387 e. The van der Waals surface area contributed by atoms with Gasteiger partial charge in [-0.1, -0.05) is 0 Å². The van der Waals surface area contributed by atoms with E-state index in [2.05, 4.69) is 30.2 Å². The number of ether oxygens (including phenoxy) is 1. The molecule has 0 radical (unpaired) electrons. The van der Waals surface area contributed by atoms with Crippen molar-refractivity contribution in [3.8, 4) is 0 Å². The zero-order valence-corrected chi connectivity index (χ0v) is 23.7. The van der Waals surface area contributed by atoms with Crippen molar-refractivity contribution in [1.29, 1.82) is 0 Å². The number of hydrogen-bond donors (Lipinski definition) is 6. The molecule has 1 aliphatic carbocycles. The van der Waals surface area contributed by atoms with Crippen molar-refractivity contribution in [2.24, 2.45) is 5.92 Å². The molecule has 2 bridgehead atoms. The molecule has 10 atom stereocenters. The number of aromatic amines is 1. The number of hydrogen-bond acceptors (Lipinski definition) is 15. The Bertz CT molecular complexity index is 1630. The number of imidazole rings is 1. The standard InChI is InChI=1S/C21H27FN8O11P2/c22-13-10(27-12-1-3-24-7-25-12)5-9-2-4-37-42(33,34)41-17-15(31)11(6-38-43(35,36)40-16(9)13)39-20(17)30-8-26-14-18(30)28-21(23)29-19(14)32/h1,3,7-11,13,15-17,20,31H,2,4-6H2,(H,33,34)(H,35,36)(H,24,25,27)(H3,23,28,29,32)/t9-,10+,11-,13-,15+,16+,17+,20+/m0/s1. The highest BCUT2D eigenvalue weighted by Crippen LogP contribution is 2.53. The van der Waals surface area contributed by atoms with Gasteiger partial charge in [0.05, 0.1) is 25.6 Å². The number of H-pyrrole nitrogens is 1. The van der Waals surface area contributed by atoms with Gasteiger partial charge in [0.25, 0.3) is 5.56 Å². The van der Waals surface area contributed by atoms with E-state index in [1.807, 2.05) is 0 Å². The smallest absolute Gasteiger partial charge is 0.387 e. The van der Waals surface area contributed by atoms with Gasteiger partial charge in [0.2, 0.25) is 5.95 Å². The Morgan fingerprint density at radius 2 is 1.93 bits per heavy atom. The summed E-state index contributed by atoms with van der Waals surface area (Å²) in [5.74, 6) is -0.723. The Morgan fingerprint density at radius 1 is 1.16 bits per heavy atom. The Kier molecular flexibility index (Phi) is 8.10. The van der Waals surface area contributed by atoms with Crippen LogP contribution in [0.15, 0.2) is 29.7 Å². The predicted octanol–water partition coefficient (Wildman–Crippen LogP) is -0.00310. The zero-order valence-electron chi connectivity index (χ0n) is 22.0. The molecule has 6 rings (SSSR count). The largest absolute Gasteiger partial charge is 0.472 e. The summed E-state index contributed by atoms with van der Waals surface area (Å²) in [5, 5.41) is 13.9. The molecule has 1 saturated carbocycles. The number of nitrogens with one attached hydrogen (secondary N) is 2. The van der Waals surface area contributed by atoms with Gasteiger partial charge >= 0.3 is 15.6 Å². The number of aromatic nitrogens is 6. The molecule has 0 aromatic carbocycles. The van der Waals surface area contributed by atoms with Gasteiger partial charge in [-0.05, 0) is 24.8 Å². The molecule has 2 saturated heterocycles. The molecule has 43 heavy (non-hydrogen) atoms. The lowest BCUT2D eigenvalue weighted by Crippen LogP contribution is -2.36. The first kappa shape index (κ1) is 30.1. The van der Waals surface area contributed by atoms with E-state index in [0.717, 1.165) is 10.9 Å². The summed E-state index contributed by atoms with van der Waals surface area (Å²) in [7, 11) is -9.87. The number of nitrogen functional groups attached to an aromatic ring is 1. The van der Waals surface area contributed by atoms with Crippen LogP contribution in [-0.4, -0.2) is 94.2 Å². The van der Waals surface area contributed by atoms with Crippen molar-refractivity contribution in [2.45, 2.75) is 55.7 Å². The molecule has 3 aliphatic rings. The first-order valence-corrected chi connectivity index (χ1v) is 15.9. The highest BCUT2D eigenvalue weighted by molar-refractivity contribution is 7.47. The van der Waals surface area contributed by atoms with E-state index in [0.29, 0.717) is 5.82 Å². The molecule has 2 aliphatic heterocycles. The molecule has 0 spiro atoms. The lowest BCUT2D eigenvalue weighted by Gasteiger charge is -2.26. The van der Waals surface area contributed by atoms with Gasteiger partial charge in [-0.3, -0.25) is 32.4 Å². The van der Waals surface area contributed by atoms with Crippen LogP contribution in [0.25, 0.3) is 11.2 Å². The third kappa shape index (κ3) is 6.21. The highest BCUT2D eigenvalue weighted by Gasteiger charge is 2.52. The zero-order chi connectivity index (χ0) is 30.5. The Morgan fingerprint density at radius 3 is 2.70 bits per heavy atom. The minimum atomic E-state index is -4.96. The van der Waals surface area contributed by atoms with Crippen LogP contribution < -0.4 is 16.6 Å². The average molecular weight is 648 g/mol. The molecule has 3 fully saturated rings. The number of aliphatic hydroxyl groups excluding tert-OH is 1. The minimum absolute atomic E-state index is 0.0773. The normalized spacial score (nSPS) is 38.9. The van der Waals surface area contributed by atoms with Crippen molar-refractivity contribution >= 4 is 38.6 Å². The van der Waals surface area contributed by atoms with Gasteiger partial charge in [-0.2, -0.15) is 4.98 Å². The number of nitrogens with two attached hydrogens (primary N) is 1. The molecule has 2 unspecified atom stereocenters. The molecule has 5 heterocycles. The van der Waals surface area contributed by atoms with Crippen molar-refractivity contribution in [2.75, 3.05) is 24.3 Å². The van der Waals surface area contributed by atoms with Crippen LogP contribution in [0.1, 0.15) is 19.1 Å². The summed E-state index contributed by atoms with van der Waals surface area (Å²) in [4.78, 5) is 51.3. The number of anilines is 2. The van der Waals surface area contributed by atoms with Gasteiger partial charge in [0.1, 0.15) is 42.7 Å². The summed E-state index contributed by atoms with van der Waals surface area (Å²) in [6.45, 7) is -1.25. The topological polar surface area (TPSA) is 268 Å².